The van der Waals surface area contributed by atoms with Gasteiger partial charge in [-0.2, -0.15) is 5.10 Å². The highest BCUT2D eigenvalue weighted by molar-refractivity contribution is 6.32. The number of benzene rings is 1. The summed E-state index contributed by atoms with van der Waals surface area (Å²) >= 11 is 6.38. The Morgan fingerprint density at radius 3 is 2.68 bits per heavy atom. The fourth-order valence-corrected chi connectivity index (χ4v) is 4.00. The molecule has 0 bridgehead atoms. The number of fused-ring (bicyclic) bond motifs is 3. The zero-order valence-corrected chi connectivity index (χ0v) is 14.6. The second-order valence-electron chi connectivity index (χ2n) is 6.61. The number of halogens is 1. The SMILES string of the molecule is Clc1ccccc1-n1ncc2c1CCc1cnc(N3CCCC3)nc1-2. The van der Waals surface area contributed by atoms with Gasteiger partial charge >= 0.3 is 0 Å². The number of aromatic nitrogens is 4. The maximum atomic E-state index is 6.38. The van der Waals surface area contributed by atoms with Crippen LogP contribution in [0.4, 0.5) is 5.95 Å². The van der Waals surface area contributed by atoms with E-state index in [4.69, 9.17) is 16.6 Å². The van der Waals surface area contributed by atoms with Crippen LogP contribution in [0.2, 0.25) is 5.02 Å². The molecule has 0 radical (unpaired) electrons. The van der Waals surface area contributed by atoms with Crippen LogP contribution in [0.15, 0.2) is 36.7 Å². The molecule has 0 unspecified atom stereocenters. The molecule has 126 valence electrons. The predicted octanol–water partition coefficient (Wildman–Crippen LogP) is 3.68. The molecule has 0 N–H and O–H groups in total. The van der Waals surface area contributed by atoms with Gasteiger partial charge in [-0.05, 0) is 43.4 Å². The second-order valence-corrected chi connectivity index (χ2v) is 7.01. The molecule has 0 atom stereocenters. The smallest absolute Gasteiger partial charge is 0.225 e. The summed E-state index contributed by atoms with van der Waals surface area (Å²) in [7, 11) is 0. The van der Waals surface area contributed by atoms with E-state index in [0.29, 0.717) is 5.02 Å². The van der Waals surface area contributed by atoms with Crippen molar-refractivity contribution in [2.45, 2.75) is 25.7 Å². The summed E-state index contributed by atoms with van der Waals surface area (Å²) < 4.78 is 1.96. The summed E-state index contributed by atoms with van der Waals surface area (Å²) in [5.41, 5.74) is 5.42. The third-order valence-electron chi connectivity index (χ3n) is 5.08. The molecule has 0 saturated carbocycles. The minimum absolute atomic E-state index is 0.708. The van der Waals surface area contributed by atoms with Gasteiger partial charge in [0.25, 0.3) is 0 Å². The first-order valence-corrected chi connectivity index (χ1v) is 9.12. The number of hydrogen-bond acceptors (Lipinski definition) is 4. The average Bonchev–Trinajstić information content (AvgIpc) is 3.32. The fourth-order valence-electron chi connectivity index (χ4n) is 3.78. The van der Waals surface area contributed by atoms with Crippen LogP contribution >= 0.6 is 11.6 Å². The van der Waals surface area contributed by atoms with Crippen LogP contribution in [-0.2, 0) is 12.8 Å². The van der Waals surface area contributed by atoms with Gasteiger partial charge in [0.1, 0.15) is 0 Å². The van der Waals surface area contributed by atoms with E-state index >= 15 is 0 Å². The van der Waals surface area contributed by atoms with Crippen molar-refractivity contribution in [1.82, 2.24) is 19.7 Å². The van der Waals surface area contributed by atoms with Gasteiger partial charge in [0.15, 0.2) is 0 Å². The molecule has 2 aliphatic rings. The lowest BCUT2D eigenvalue weighted by Gasteiger charge is -2.20. The van der Waals surface area contributed by atoms with Gasteiger partial charge in [0.05, 0.1) is 28.3 Å². The van der Waals surface area contributed by atoms with E-state index in [2.05, 4.69) is 15.0 Å². The molecule has 1 aliphatic heterocycles. The summed E-state index contributed by atoms with van der Waals surface area (Å²) in [4.78, 5) is 11.8. The molecule has 3 aromatic rings. The number of rotatable bonds is 2. The summed E-state index contributed by atoms with van der Waals surface area (Å²) in [5, 5.41) is 5.32. The van der Waals surface area contributed by atoms with Crippen LogP contribution in [0.3, 0.4) is 0 Å². The van der Waals surface area contributed by atoms with Crippen LogP contribution in [0, 0.1) is 0 Å². The second kappa shape index (κ2) is 5.85. The summed E-state index contributed by atoms with van der Waals surface area (Å²) in [6.45, 7) is 2.09. The van der Waals surface area contributed by atoms with Crippen LogP contribution in [0.25, 0.3) is 16.9 Å². The third-order valence-corrected chi connectivity index (χ3v) is 5.40. The fraction of sp³-hybridized carbons (Fsp3) is 0.316. The van der Waals surface area contributed by atoms with Crippen molar-refractivity contribution in [3.05, 3.63) is 52.9 Å². The molecule has 6 heteroatoms. The number of nitrogens with zero attached hydrogens (tertiary/aromatic N) is 5. The Hall–Kier alpha value is -2.40. The van der Waals surface area contributed by atoms with E-state index in [-0.39, 0.29) is 0 Å². The molecule has 3 heterocycles. The Labute approximate surface area is 151 Å². The zero-order chi connectivity index (χ0) is 16.8. The molecule has 1 fully saturated rings. The monoisotopic (exact) mass is 351 g/mol. The van der Waals surface area contributed by atoms with Crippen molar-refractivity contribution in [1.29, 1.82) is 0 Å². The van der Waals surface area contributed by atoms with Gasteiger partial charge in [-0.1, -0.05) is 23.7 Å². The van der Waals surface area contributed by atoms with Crippen molar-refractivity contribution in [3.8, 4) is 16.9 Å². The molecule has 25 heavy (non-hydrogen) atoms. The van der Waals surface area contributed by atoms with Gasteiger partial charge in [0.2, 0.25) is 5.95 Å². The lowest BCUT2D eigenvalue weighted by Crippen LogP contribution is -2.21. The summed E-state index contributed by atoms with van der Waals surface area (Å²) in [6.07, 6.45) is 8.19. The maximum Gasteiger partial charge on any atom is 0.225 e. The number of hydrogen-bond donors (Lipinski definition) is 0. The normalized spacial score (nSPS) is 16.0. The molecule has 0 amide bonds. The molecule has 5 nitrogen and oxygen atoms in total. The van der Waals surface area contributed by atoms with Crippen LogP contribution in [0.1, 0.15) is 24.1 Å². The van der Waals surface area contributed by atoms with E-state index < -0.39 is 0 Å². The highest BCUT2D eigenvalue weighted by Gasteiger charge is 2.25. The molecule has 1 aromatic carbocycles. The van der Waals surface area contributed by atoms with Crippen molar-refractivity contribution in [2.75, 3.05) is 18.0 Å². The number of anilines is 1. The van der Waals surface area contributed by atoms with E-state index in [1.807, 2.05) is 41.3 Å². The van der Waals surface area contributed by atoms with Crippen molar-refractivity contribution in [2.24, 2.45) is 0 Å². The minimum Gasteiger partial charge on any atom is -0.341 e. The first-order valence-electron chi connectivity index (χ1n) is 8.74. The van der Waals surface area contributed by atoms with Gasteiger partial charge in [-0.15, -0.1) is 0 Å². The average molecular weight is 352 g/mol. The van der Waals surface area contributed by atoms with Crippen molar-refractivity contribution in [3.63, 3.8) is 0 Å². The van der Waals surface area contributed by atoms with Gasteiger partial charge in [-0.3, -0.25) is 0 Å². The van der Waals surface area contributed by atoms with Gasteiger partial charge in [0, 0.05) is 24.8 Å². The quantitative estimate of drug-likeness (QED) is 0.706. The Morgan fingerprint density at radius 1 is 1.00 bits per heavy atom. The van der Waals surface area contributed by atoms with Crippen molar-refractivity contribution >= 4 is 17.5 Å². The lowest BCUT2D eigenvalue weighted by atomic mass is 9.95. The topological polar surface area (TPSA) is 46.8 Å². The van der Waals surface area contributed by atoms with Crippen molar-refractivity contribution < 1.29 is 0 Å². The standard InChI is InChI=1S/C19H18ClN5/c20-15-5-1-2-6-17(15)25-16-8-7-13-11-21-19(24-9-3-4-10-24)23-18(13)14(16)12-22-25/h1-2,5-6,11-12H,3-4,7-10H2. The lowest BCUT2D eigenvalue weighted by molar-refractivity contribution is 0.774. The van der Waals surface area contributed by atoms with E-state index in [0.717, 1.165) is 48.8 Å². The predicted molar refractivity (Wildman–Crippen MR) is 98.5 cm³/mol. The minimum atomic E-state index is 0.708. The number of para-hydroxylation sites is 1. The molecule has 1 aliphatic carbocycles. The Kier molecular flexibility index (Phi) is 3.48. The Balaban J connectivity index is 1.61. The molecule has 5 rings (SSSR count). The van der Waals surface area contributed by atoms with Crippen LogP contribution in [-0.4, -0.2) is 32.8 Å². The third kappa shape index (κ3) is 2.42. The van der Waals surface area contributed by atoms with E-state index in [1.165, 1.54) is 24.1 Å². The first kappa shape index (κ1) is 14.9. The molecule has 1 saturated heterocycles. The molecular formula is C19H18ClN5. The largest absolute Gasteiger partial charge is 0.341 e. The molecule has 2 aromatic heterocycles. The molecular weight excluding hydrogens is 334 g/mol. The van der Waals surface area contributed by atoms with E-state index in [1.54, 1.807) is 0 Å². The molecule has 0 spiro atoms. The van der Waals surface area contributed by atoms with Gasteiger partial charge in [-0.25, -0.2) is 14.6 Å². The van der Waals surface area contributed by atoms with E-state index in [9.17, 15) is 0 Å². The first-order chi connectivity index (χ1) is 12.3. The highest BCUT2D eigenvalue weighted by atomic mass is 35.5. The number of aryl methyl sites for hydroxylation is 1. The summed E-state index contributed by atoms with van der Waals surface area (Å²) in [6, 6.07) is 7.82. The Bertz CT molecular complexity index is 943. The summed E-state index contributed by atoms with van der Waals surface area (Å²) in [5.74, 6) is 0.842. The van der Waals surface area contributed by atoms with Crippen LogP contribution < -0.4 is 4.90 Å². The Morgan fingerprint density at radius 2 is 1.84 bits per heavy atom. The van der Waals surface area contributed by atoms with Gasteiger partial charge < -0.3 is 4.90 Å². The highest BCUT2D eigenvalue weighted by Crippen LogP contribution is 2.35. The zero-order valence-electron chi connectivity index (χ0n) is 13.8. The van der Waals surface area contributed by atoms with Crippen LogP contribution in [0.5, 0.6) is 0 Å². The maximum absolute atomic E-state index is 6.38.